The number of piperidine rings is 1. The van der Waals surface area contributed by atoms with E-state index in [0.29, 0.717) is 32.4 Å². The lowest BCUT2D eigenvalue weighted by molar-refractivity contribution is -0.151. The number of anilines is 1. The van der Waals surface area contributed by atoms with E-state index in [-0.39, 0.29) is 6.03 Å². The van der Waals surface area contributed by atoms with E-state index in [4.69, 9.17) is 0 Å². The summed E-state index contributed by atoms with van der Waals surface area (Å²) in [6.45, 7) is 2.89. The molecule has 0 unspecified atom stereocenters. The van der Waals surface area contributed by atoms with E-state index < -0.39 is 11.4 Å². The second-order valence-electron chi connectivity index (χ2n) is 4.87. The zero-order valence-corrected chi connectivity index (χ0v) is 11.7. The monoisotopic (exact) mass is 282 g/mol. The lowest BCUT2D eigenvalue weighted by Gasteiger charge is -2.38. The molecule has 0 radical (unpaired) electrons. The Hall–Kier alpha value is -1.56. The number of carboxylic acids is 1. The van der Waals surface area contributed by atoms with Gasteiger partial charge in [-0.05, 0) is 30.7 Å². The van der Waals surface area contributed by atoms with Gasteiger partial charge in [-0.1, -0.05) is 6.92 Å². The molecule has 0 aromatic carbocycles. The summed E-state index contributed by atoms with van der Waals surface area (Å²) in [5, 5.41) is 15.9. The third kappa shape index (κ3) is 2.89. The fraction of sp³-hybridized carbons (Fsp3) is 0.538. The van der Waals surface area contributed by atoms with Crippen molar-refractivity contribution in [3.8, 4) is 0 Å². The van der Waals surface area contributed by atoms with Gasteiger partial charge in [-0.2, -0.15) is 11.3 Å². The van der Waals surface area contributed by atoms with Crippen LogP contribution in [-0.4, -0.2) is 35.1 Å². The van der Waals surface area contributed by atoms with Gasteiger partial charge in [0.1, 0.15) is 0 Å². The maximum Gasteiger partial charge on any atom is 0.321 e. The Labute approximate surface area is 116 Å². The predicted octanol–water partition coefficient (Wildman–Crippen LogP) is 2.86. The summed E-state index contributed by atoms with van der Waals surface area (Å²) in [6, 6.07) is 1.70. The molecule has 1 aromatic heterocycles. The number of thiophene rings is 1. The summed E-state index contributed by atoms with van der Waals surface area (Å²) < 4.78 is 0. The first-order valence-corrected chi connectivity index (χ1v) is 7.33. The summed E-state index contributed by atoms with van der Waals surface area (Å²) in [6.07, 6.45) is 1.66. The Morgan fingerprint density at radius 3 is 2.63 bits per heavy atom. The average Bonchev–Trinajstić information content (AvgIpc) is 2.91. The van der Waals surface area contributed by atoms with E-state index in [2.05, 4.69) is 5.32 Å². The summed E-state index contributed by atoms with van der Waals surface area (Å²) in [5.74, 6) is -0.743. The number of nitrogens with one attached hydrogen (secondary N) is 1. The Balaban J connectivity index is 1.92. The molecule has 2 N–H and O–H groups in total. The predicted molar refractivity (Wildman–Crippen MR) is 74.5 cm³/mol. The third-order valence-electron chi connectivity index (χ3n) is 3.91. The van der Waals surface area contributed by atoms with Gasteiger partial charge < -0.3 is 15.3 Å². The zero-order valence-electron chi connectivity index (χ0n) is 10.9. The topological polar surface area (TPSA) is 69.6 Å². The van der Waals surface area contributed by atoms with Crippen LogP contribution in [-0.2, 0) is 4.79 Å². The minimum Gasteiger partial charge on any atom is -0.481 e. The molecule has 0 aliphatic carbocycles. The van der Waals surface area contributed by atoms with Crippen LogP contribution in [0.3, 0.4) is 0 Å². The van der Waals surface area contributed by atoms with E-state index in [9.17, 15) is 14.7 Å². The van der Waals surface area contributed by atoms with Crippen LogP contribution in [0.5, 0.6) is 0 Å². The van der Waals surface area contributed by atoms with Gasteiger partial charge in [0.2, 0.25) is 0 Å². The molecule has 1 aliphatic rings. The number of rotatable bonds is 3. The largest absolute Gasteiger partial charge is 0.481 e. The summed E-state index contributed by atoms with van der Waals surface area (Å²) in [4.78, 5) is 25.0. The van der Waals surface area contributed by atoms with Gasteiger partial charge in [0.25, 0.3) is 0 Å². The number of amides is 2. The van der Waals surface area contributed by atoms with Crippen LogP contribution in [0.15, 0.2) is 16.8 Å². The highest BCUT2D eigenvalue weighted by molar-refractivity contribution is 7.08. The first-order valence-electron chi connectivity index (χ1n) is 6.39. The molecule has 1 aliphatic heterocycles. The van der Waals surface area contributed by atoms with Gasteiger partial charge in [-0.15, -0.1) is 0 Å². The number of urea groups is 1. The number of carbonyl (C=O) groups is 2. The van der Waals surface area contributed by atoms with E-state index >= 15 is 0 Å². The van der Waals surface area contributed by atoms with Gasteiger partial charge in [-0.3, -0.25) is 4.79 Å². The Kier molecular flexibility index (Phi) is 4.09. The lowest BCUT2D eigenvalue weighted by Crippen LogP contribution is -2.47. The molecule has 1 fully saturated rings. The number of hydrogen-bond acceptors (Lipinski definition) is 3. The van der Waals surface area contributed by atoms with Gasteiger partial charge in [0.05, 0.1) is 11.1 Å². The third-order valence-corrected chi connectivity index (χ3v) is 4.59. The van der Waals surface area contributed by atoms with Crippen molar-refractivity contribution in [1.82, 2.24) is 4.90 Å². The average molecular weight is 282 g/mol. The standard InChI is InChI=1S/C13H18N2O3S/c1-2-13(11(16)17)4-6-15(7-5-13)12(18)14-10-3-8-19-9-10/h3,8-9H,2,4-7H2,1H3,(H,14,18)(H,16,17). The van der Waals surface area contributed by atoms with Crippen LogP contribution < -0.4 is 5.32 Å². The van der Waals surface area contributed by atoms with Crippen molar-refractivity contribution >= 4 is 29.0 Å². The summed E-state index contributed by atoms with van der Waals surface area (Å²) in [5.41, 5.74) is 0.139. The molecule has 104 valence electrons. The minimum atomic E-state index is -0.743. The molecule has 2 heterocycles. The van der Waals surface area contributed by atoms with Gasteiger partial charge in [-0.25, -0.2) is 4.79 Å². The van der Waals surface area contributed by atoms with Crippen LogP contribution in [0.4, 0.5) is 10.5 Å². The van der Waals surface area contributed by atoms with Crippen molar-refractivity contribution in [3.63, 3.8) is 0 Å². The molecule has 6 heteroatoms. The smallest absolute Gasteiger partial charge is 0.321 e. The van der Waals surface area contributed by atoms with Crippen LogP contribution in [0.25, 0.3) is 0 Å². The maximum atomic E-state index is 12.0. The molecule has 0 atom stereocenters. The molecule has 2 rings (SSSR count). The fourth-order valence-electron chi connectivity index (χ4n) is 2.39. The number of aliphatic carboxylic acids is 1. The Morgan fingerprint density at radius 1 is 1.47 bits per heavy atom. The molecule has 19 heavy (non-hydrogen) atoms. The van der Waals surface area contributed by atoms with Crippen LogP contribution in [0.1, 0.15) is 26.2 Å². The van der Waals surface area contributed by atoms with E-state index in [0.717, 1.165) is 5.69 Å². The molecule has 5 nitrogen and oxygen atoms in total. The zero-order chi connectivity index (χ0) is 13.9. The Morgan fingerprint density at radius 2 is 2.16 bits per heavy atom. The van der Waals surface area contributed by atoms with Gasteiger partial charge in [0.15, 0.2) is 0 Å². The molecule has 0 saturated carbocycles. The number of nitrogens with zero attached hydrogens (tertiary/aromatic N) is 1. The van der Waals surface area contributed by atoms with Crippen molar-refractivity contribution in [2.24, 2.45) is 5.41 Å². The molecule has 2 amide bonds. The van der Waals surface area contributed by atoms with Crippen molar-refractivity contribution in [2.45, 2.75) is 26.2 Å². The highest BCUT2D eigenvalue weighted by Gasteiger charge is 2.40. The normalized spacial score (nSPS) is 18.1. The lowest BCUT2D eigenvalue weighted by atomic mass is 9.76. The number of carboxylic acid groups (broad SMARTS) is 1. The summed E-state index contributed by atoms with van der Waals surface area (Å²) in [7, 11) is 0. The Bertz CT molecular complexity index is 450. The highest BCUT2D eigenvalue weighted by atomic mass is 32.1. The molecular formula is C13H18N2O3S. The summed E-state index contributed by atoms with van der Waals surface area (Å²) >= 11 is 1.52. The van der Waals surface area contributed by atoms with Crippen molar-refractivity contribution < 1.29 is 14.7 Å². The first kappa shape index (κ1) is 13.9. The van der Waals surface area contributed by atoms with E-state index in [1.54, 1.807) is 4.90 Å². The van der Waals surface area contributed by atoms with Crippen LogP contribution in [0.2, 0.25) is 0 Å². The van der Waals surface area contributed by atoms with E-state index in [1.807, 2.05) is 23.8 Å². The first-order chi connectivity index (χ1) is 9.07. The number of hydrogen-bond donors (Lipinski definition) is 2. The van der Waals surface area contributed by atoms with E-state index in [1.165, 1.54) is 11.3 Å². The van der Waals surface area contributed by atoms with Crippen LogP contribution in [0, 0.1) is 5.41 Å². The fourth-order valence-corrected chi connectivity index (χ4v) is 2.98. The number of likely N-dealkylation sites (tertiary alicyclic amines) is 1. The van der Waals surface area contributed by atoms with Crippen molar-refractivity contribution in [2.75, 3.05) is 18.4 Å². The second-order valence-corrected chi connectivity index (χ2v) is 5.65. The maximum absolute atomic E-state index is 12.0. The molecule has 1 saturated heterocycles. The second kappa shape index (κ2) is 5.61. The SMILES string of the molecule is CCC1(C(=O)O)CCN(C(=O)Nc2ccsc2)CC1. The van der Waals surface area contributed by atoms with Crippen LogP contribution >= 0.6 is 11.3 Å². The molecular weight excluding hydrogens is 264 g/mol. The molecule has 0 spiro atoms. The highest BCUT2D eigenvalue weighted by Crippen LogP contribution is 2.35. The quantitative estimate of drug-likeness (QED) is 0.895. The van der Waals surface area contributed by atoms with Crippen molar-refractivity contribution in [1.29, 1.82) is 0 Å². The minimum absolute atomic E-state index is 0.145. The van der Waals surface area contributed by atoms with Gasteiger partial charge in [0, 0.05) is 18.5 Å². The molecule has 0 bridgehead atoms. The van der Waals surface area contributed by atoms with Gasteiger partial charge >= 0.3 is 12.0 Å². The molecule has 1 aromatic rings. The van der Waals surface area contributed by atoms with Crippen molar-refractivity contribution in [3.05, 3.63) is 16.8 Å². The number of carbonyl (C=O) groups excluding carboxylic acids is 1.